The first-order chi connectivity index (χ1) is 6.77. The van der Waals surface area contributed by atoms with Gasteiger partial charge < -0.3 is 4.98 Å². The van der Waals surface area contributed by atoms with E-state index in [1.165, 1.54) is 0 Å². The number of pyridine rings is 1. The number of H-pyrrole nitrogens is 1. The van der Waals surface area contributed by atoms with Crippen molar-refractivity contribution in [3.05, 3.63) is 35.2 Å². The molecule has 2 aliphatic rings. The predicted molar refractivity (Wildman–Crippen MR) is 52.9 cm³/mol. The molecule has 70 valence electrons. The fraction of sp³-hybridized carbons (Fsp3) is 0.0909. The number of aryl methyl sites for hydroxylation is 1. The van der Waals surface area contributed by atoms with Gasteiger partial charge in [-0.2, -0.15) is 0 Å². The Balaban J connectivity index is 2.81. The molecule has 0 aromatic rings. The summed E-state index contributed by atoms with van der Waals surface area (Å²) in [6.45, 7) is 1.89. The molecular formula is C11H9NO2. The Labute approximate surface area is 81.1 Å². The van der Waals surface area contributed by atoms with E-state index in [0.717, 1.165) is 29.3 Å². The van der Waals surface area contributed by atoms with Crippen LogP contribution in [0.5, 0.6) is 0 Å². The second-order valence-electron chi connectivity index (χ2n) is 3.22. The highest BCUT2D eigenvalue weighted by Gasteiger charge is 2.15. The van der Waals surface area contributed by atoms with Gasteiger partial charge in [0.2, 0.25) is 0 Å². The van der Waals surface area contributed by atoms with Crippen molar-refractivity contribution in [1.82, 2.24) is 4.98 Å². The van der Waals surface area contributed by atoms with E-state index in [4.69, 9.17) is 0 Å². The molecular weight excluding hydrogens is 178 g/mol. The van der Waals surface area contributed by atoms with Crippen LogP contribution in [0.15, 0.2) is 18.5 Å². The van der Waals surface area contributed by atoms with Gasteiger partial charge >= 0.3 is 0 Å². The number of rotatable bonds is 2. The number of hydrogen-bond donors (Lipinski definition) is 1. The summed E-state index contributed by atoms with van der Waals surface area (Å²) in [5, 5.41) is 0. The molecule has 0 spiro atoms. The van der Waals surface area contributed by atoms with Gasteiger partial charge in [0, 0.05) is 29.1 Å². The van der Waals surface area contributed by atoms with Crippen LogP contribution in [0.3, 0.4) is 0 Å². The summed E-state index contributed by atoms with van der Waals surface area (Å²) in [5.74, 6) is 0. The van der Waals surface area contributed by atoms with Gasteiger partial charge in [0.25, 0.3) is 0 Å². The Morgan fingerprint density at radius 3 is 2.50 bits per heavy atom. The third-order valence-corrected chi connectivity index (χ3v) is 2.36. The van der Waals surface area contributed by atoms with Crippen LogP contribution in [-0.4, -0.2) is 17.6 Å². The molecule has 0 amide bonds. The van der Waals surface area contributed by atoms with E-state index >= 15 is 0 Å². The molecule has 2 rings (SSSR count). The fourth-order valence-electron chi connectivity index (χ4n) is 1.76. The molecule has 14 heavy (non-hydrogen) atoms. The molecule has 1 heterocycles. The summed E-state index contributed by atoms with van der Waals surface area (Å²) in [6.07, 6.45) is 4.97. The molecule has 0 saturated carbocycles. The van der Waals surface area contributed by atoms with Crippen LogP contribution in [0.1, 0.15) is 26.3 Å². The Hall–Kier alpha value is -1.90. The maximum atomic E-state index is 10.8. The standard InChI is InChI=1S/C11H9NO2/c1-7-2-8(5-13)10-4-12-3-9(6-14)11(7)10/h2-6,12H,1H3. The molecule has 0 bridgehead atoms. The molecule has 0 atom stereocenters. The third-order valence-electron chi connectivity index (χ3n) is 2.36. The summed E-state index contributed by atoms with van der Waals surface area (Å²) in [5.41, 5.74) is 3.84. The predicted octanol–water partition coefficient (Wildman–Crippen LogP) is 2.05. The fourth-order valence-corrected chi connectivity index (χ4v) is 1.76. The number of carbonyl (C=O) groups is 2. The van der Waals surface area contributed by atoms with Gasteiger partial charge in [-0.1, -0.05) is 0 Å². The van der Waals surface area contributed by atoms with Gasteiger partial charge in [0.15, 0.2) is 12.6 Å². The number of carbonyl (C=O) groups excluding carboxylic acids is 2. The van der Waals surface area contributed by atoms with Gasteiger partial charge in [0.05, 0.1) is 0 Å². The van der Waals surface area contributed by atoms with E-state index in [1.54, 1.807) is 18.5 Å². The molecule has 0 unspecified atom stereocenters. The second-order valence-corrected chi connectivity index (χ2v) is 3.22. The van der Waals surface area contributed by atoms with Crippen molar-refractivity contribution in [2.45, 2.75) is 6.92 Å². The van der Waals surface area contributed by atoms with E-state index in [2.05, 4.69) is 4.98 Å². The van der Waals surface area contributed by atoms with Crippen LogP contribution in [0.2, 0.25) is 0 Å². The first-order valence-electron chi connectivity index (χ1n) is 4.28. The maximum Gasteiger partial charge on any atom is 0.152 e. The van der Waals surface area contributed by atoms with Crippen molar-refractivity contribution in [1.29, 1.82) is 0 Å². The molecule has 0 saturated heterocycles. The van der Waals surface area contributed by atoms with Crippen LogP contribution >= 0.6 is 0 Å². The van der Waals surface area contributed by atoms with Crippen LogP contribution in [0.4, 0.5) is 0 Å². The lowest BCUT2D eigenvalue weighted by atomic mass is 10.0. The highest BCUT2D eigenvalue weighted by molar-refractivity contribution is 5.98. The molecule has 3 heteroatoms. The highest BCUT2D eigenvalue weighted by atomic mass is 16.1. The molecule has 1 aliphatic heterocycles. The minimum Gasteiger partial charge on any atom is -0.366 e. The number of nitrogens with one attached hydrogen (secondary N) is 1. The minimum atomic E-state index is 0.591. The first kappa shape index (κ1) is 8.69. The zero-order chi connectivity index (χ0) is 10.1. The first-order valence-corrected chi connectivity index (χ1v) is 4.28. The lowest BCUT2D eigenvalue weighted by Gasteiger charge is -2.03. The largest absolute Gasteiger partial charge is 0.366 e. The van der Waals surface area contributed by atoms with Gasteiger partial charge in [-0.25, -0.2) is 0 Å². The minimum absolute atomic E-state index is 0.591. The second kappa shape index (κ2) is 3.10. The molecule has 0 aromatic heterocycles. The van der Waals surface area contributed by atoms with Gasteiger partial charge in [-0.3, -0.25) is 9.59 Å². The third kappa shape index (κ3) is 1.06. The van der Waals surface area contributed by atoms with Crippen molar-refractivity contribution in [3.8, 4) is 11.1 Å². The van der Waals surface area contributed by atoms with E-state index in [0.29, 0.717) is 11.1 Å². The zero-order valence-corrected chi connectivity index (χ0v) is 7.70. The van der Waals surface area contributed by atoms with Crippen molar-refractivity contribution in [3.63, 3.8) is 0 Å². The normalized spacial score (nSPS) is 10.4. The summed E-state index contributed by atoms with van der Waals surface area (Å²) < 4.78 is 0. The van der Waals surface area contributed by atoms with Crippen LogP contribution in [-0.2, 0) is 0 Å². The molecule has 0 radical (unpaired) electrons. The number of fused-ring (bicyclic) bond motifs is 1. The number of aldehydes is 2. The van der Waals surface area contributed by atoms with Crippen molar-refractivity contribution in [2.24, 2.45) is 0 Å². The summed E-state index contributed by atoms with van der Waals surface area (Å²) in [6, 6.07) is 1.79. The van der Waals surface area contributed by atoms with E-state index < -0.39 is 0 Å². The van der Waals surface area contributed by atoms with Crippen molar-refractivity contribution >= 4 is 12.6 Å². The quantitative estimate of drug-likeness (QED) is 0.731. The Kier molecular flexibility index (Phi) is 1.93. The average molecular weight is 187 g/mol. The molecule has 1 aliphatic carbocycles. The summed E-state index contributed by atoms with van der Waals surface area (Å²) in [7, 11) is 0. The van der Waals surface area contributed by atoms with E-state index in [9.17, 15) is 9.59 Å². The van der Waals surface area contributed by atoms with Crippen molar-refractivity contribution < 1.29 is 9.59 Å². The van der Waals surface area contributed by atoms with Crippen molar-refractivity contribution in [2.75, 3.05) is 0 Å². The van der Waals surface area contributed by atoms with Gasteiger partial charge in [-0.05, 0) is 24.1 Å². The summed E-state index contributed by atoms with van der Waals surface area (Å²) in [4.78, 5) is 24.3. The van der Waals surface area contributed by atoms with Gasteiger partial charge in [0.1, 0.15) is 0 Å². The Morgan fingerprint density at radius 2 is 1.86 bits per heavy atom. The maximum absolute atomic E-state index is 10.8. The van der Waals surface area contributed by atoms with Crippen LogP contribution in [0.25, 0.3) is 11.1 Å². The average Bonchev–Trinajstić information content (AvgIpc) is 2.55. The smallest absolute Gasteiger partial charge is 0.152 e. The SMILES string of the molecule is Cc1cc(C=O)c2c[nH]cc(C=O)c1-2. The van der Waals surface area contributed by atoms with Crippen LogP contribution < -0.4 is 0 Å². The lowest BCUT2D eigenvalue weighted by molar-refractivity contribution is 0.111. The lowest BCUT2D eigenvalue weighted by Crippen LogP contribution is -1.91. The van der Waals surface area contributed by atoms with Gasteiger partial charge in [-0.15, -0.1) is 0 Å². The molecule has 0 aromatic carbocycles. The molecule has 1 N–H and O–H groups in total. The summed E-state index contributed by atoms with van der Waals surface area (Å²) >= 11 is 0. The number of aromatic nitrogens is 1. The Bertz CT molecular complexity index is 471. The van der Waals surface area contributed by atoms with E-state index in [-0.39, 0.29) is 0 Å². The molecule has 3 nitrogen and oxygen atoms in total. The number of hydrogen-bond acceptors (Lipinski definition) is 2. The topological polar surface area (TPSA) is 49.9 Å². The molecule has 0 fully saturated rings. The highest BCUT2D eigenvalue weighted by Crippen LogP contribution is 2.32. The van der Waals surface area contributed by atoms with E-state index in [1.807, 2.05) is 6.92 Å². The van der Waals surface area contributed by atoms with Crippen LogP contribution in [0, 0.1) is 6.92 Å². The zero-order valence-electron chi connectivity index (χ0n) is 7.70. The monoisotopic (exact) mass is 187 g/mol. The Morgan fingerprint density at radius 1 is 1.14 bits per heavy atom. The number of aromatic amines is 1.